The second-order valence-electron chi connectivity index (χ2n) is 5.06. The zero-order valence-electron chi connectivity index (χ0n) is 10.5. The lowest BCUT2D eigenvalue weighted by molar-refractivity contribution is 0.578. The quantitative estimate of drug-likeness (QED) is 0.895. The first-order chi connectivity index (χ1) is 8.75. The molecule has 0 saturated heterocycles. The highest BCUT2D eigenvalue weighted by Gasteiger charge is 2.43. The van der Waals surface area contributed by atoms with Gasteiger partial charge in [-0.15, -0.1) is 0 Å². The van der Waals surface area contributed by atoms with Crippen molar-refractivity contribution in [2.45, 2.75) is 25.3 Å². The average Bonchev–Trinajstić information content (AvgIpc) is 3.20. The molecule has 1 aliphatic rings. The summed E-state index contributed by atoms with van der Waals surface area (Å²) < 4.78 is 0. The summed E-state index contributed by atoms with van der Waals surface area (Å²) in [6, 6.07) is 10.5. The summed E-state index contributed by atoms with van der Waals surface area (Å²) >= 11 is 0. The Morgan fingerprint density at radius 3 is 2.50 bits per heavy atom. The molecule has 0 bridgehead atoms. The van der Waals surface area contributed by atoms with E-state index in [0.29, 0.717) is 11.8 Å². The fourth-order valence-corrected chi connectivity index (χ4v) is 2.46. The Kier molecular flexibility index (Phi) is 2.84. The van der Waals surface area contributed by atoms with Gasteiger partial charge in [-0.25, -0.2) is 9.97 Å². The molecule has 0 spiro atoms. The van der Waals surface area contributed by atoms with E-state index in [1.165, 1.54) is 5.56 Å². The molecule has 18 heavy (non-hydrogen) atoms. The third-order valence-corrected chi connectivity index (χ3v) is 3.63. The number of benzene rings is 1. The van der Waals surface area contributed by atoms with Crippen LogP contribution in [-0.4, -0.2) is 9.97 Å². The molecule has 3 unspecified atom stereocenters. The van der Waals surface area contributed by atoms with Crippen LogP contribution in [0.25, 0.3) is 0 Å². The largest absolute Gasteiger partial charge is 0.321 e. The maximum absolute atomic E-state index is 6.25. The molecule has 92 valence electrons. The summed E-state index contributed by atoms with van der Waals surface area (Å²) in [6.07, 6.45) is 4.81. The molecule has 1 fully saturated rings. The van der Waals surface area contributed by atoms with Crippen molar-refractivity contribution >= 4 is 0 Å². The Balaban J connectivity index is 1.73. The van der Waals surface area contributed by atoms with Crippen LogP contribution in [0.3, 0.4) is 0 Å². The van der Waals surface area contributed by atoms with Gasteiger partial charge in [0.05, 0.1) is 6.04 Å². The number of rotatable bonds is 3. The van der Waals surface area contributed by atoms with Crippen LogP contribution in [0.4, 0.5) is 0 Å². The number of aryl methyl sites for hydroxylation is 1. The van der Waals surface area contributed by atoms with Crippen molar-refractivity contribution in [2.75, 3.05) is 0 Å². The lowest BCUT2D eigenvalue weighted by Gasteiger charge is -2.09. The van der Waals surface area contributed by atoms with Crippen LogP contribution < -0.4 is 5.73 Å². The molecule has 0 radical (unpaired) electrons. The normalized spacial score (nSPS) is 23.7. The summed E-state index contributed by atoms with van der Waals surface area (Å²) in [5, 5.41) is 0. The topological polar surface area (TPSA) is 51.8 Å². The van der Waals surface area contributed by atoms with E-state index in [1.54, 1.807) is 0 Å². The standard InChI is InChI=1S/C15H17N3/c1-10-8-17-15(18-9-10)14(16)13-7-12(13)11-5-3-2-4-6-11/h2-6,8-9,12-14H,7,16H2,1H3. The molecule has 1 heterocycles. The van der Waals surface area contributed by atoms with Gasteiger partial charge in [-0.3, -0.25) is 0 Å². The van der Waals surface area contributed by atoms with E-state index in [1.807, 2.05) is 25.4 Å². The number of aromatic nitrogens is 2. The molecule has 0 aliphatic heterocycles. The smallest absolute Gasteiger partial charge is 0.145 e. The third-order valence-electron chi connectivity index (χ3n) is 3.63. The first-order valence-electron chi connectivity index (χ1n) is 6.35. The lowest BCUT2D eigenvalue weighted by Crippen LogP contribution is -2.16. The predicted molar refractivity (Wildman–Crippen MR) is 71.0 cm³/mol. The summed E-state index contributed by atoms with van der Waals surface area (Å²) in [7, 11) is 0. The molecular formula is C15H17N3. The number of hydrogen-bond donors (Lipinski definition) is 1. The van der Waals surface area contributed by atoms with Crippen LogP contribution in [-0.2, 0) is 0 Å². The van der Waals surface area contributed by atoms with E-state index in [0.717, 1.165) is 17.8 Å². The molecule has 3 atom stereocenters. The molecule has 3 nitrogen and oxygen atoms in total. The van der Waals surface area contributed by atoms with Gasteiger partial charge in [-0.05, 0) is 36.3 Å². The minimum absolute atomic E-state index is 0.0455. The zero-order valence-corrected chi connectivity index (χ0v) is 10.5. The Morgan fingerprint density at radius 2 is 1.83 bits per heavy atom. The zero-order chi connectivity index (χ0) is 12.5. The van der Waals surface area contributed by atoms with Crippen LogP contribution in [0.5, 0.6) is 0 Å². The molecular weight excluding hydrogens is 222 g/mol. The summed E-state index contributed by atoms with van der Waals surface area (Å²) in [6.45, 7) is 1.99. The fraction of sp³-hybridized carbons (Fsp3) is 0.333. The van der Waals surface area contributed by atoms with Crippen molar-refractivity contribution in [1.82, 2.24) is 9.97 Å². The van der Waals surface area contributed by atoms with Crippen LogP contribution in [0, 0.1) is 12.8 Å². The fourth-order valence-electron chi connectivity index (χ4n) is 2.46. The first kappa shape index (κ1) is 11.4. The number of hydrogen-bond acceptors (Lipinski definition) is 3. The molecule has 2 N–H and O–H groups in total. The molecule has 2 aromatic rings. The van der Waals surface area contributed by atoms with Crippen molar-refractivity contribution in [3.63, 3.8) is 0 Å². The second kappa shape index (κ2) is 4.50. The van der Waals surface area contributed by atoms with E-state index >= 15 is 0 Å². The molecule has 3 rings (SSSR count). The van der Waals surface area contributed by atoms with Crippen molar-refractivity contribution in [3.05, 3.63) is 59.7 Å². The molecule has 1 aromatic carbocycles. The van der Waals surface area contributed by atoms with E-state index in [2.05, 4.69) is 34.2 Å². The summed E-state index contributed by atoms with van der Waals surface area (Å²) in [4.78, 5) is 8.66. The highest BCUT2D eigenvalue weighted by atomic mass is 14.9. The first-order valence-corrected chi connectivity index (χ1v) is 6.35. The van der Waals surface area contributed by atoms with Gasteiger partial charge in [0, 0.05) is 12.4 Å². The van der Waals surface area contributed by atoms with Gasteiger partial charge in [-0.1, -0.05) is 30.3 Å². The minimum atomic E-state index is -0.0455. The molecule has 3 heteroatoms. The highest BCUT2D eigenvalue weighted by Crippen LogP contribution is 2.52. The van der Waals surface area contributed by atoms with E-state index in [9.17, 15) is 0 Å². The van der Waals surface area contributed by atoms with Crippen LogP contribution in [0.1, 0.15) is 35.3 Å². The van der Waals surface area contributed by atoms with Gasteiger partial charge in [0.25, 0.3) is 0 Å². The number of nitrogens with zero attached hydrogens (tertiary/aromatic N) is 2. The van der Waals surface area contributed by atoms with Crippen molar-refractivity contribution in [3.8, 4) is 0 Å². The maximum atomic E-state index is 6.25. The SMILES string of the molecule is Cc1cnc(C(N)C2CC2c2ccccc2)nc1. The van der Waals surface area contributed by atoms with Gasteiger partial charge in [0.15, 0.2) is 0 Å². The van der Waals surface area contributed by atoms with E-state index < -0.39 is 0 Å². The summed E-state index contributed by atoms with van der Waals surface area (Å²) in [5.74, 6) is 1.82. The molecule has 1 aliphatic carbocycles. The Hall–Kier alpha value is -1.74. The van der Waals surface area contributed by atoms with Gasteiger partial charge in [0.1, 0.15) is 5.82 Å². The Labute approximate surface area is 107 Å². The van der Waals surface area contributed by atoms with Gasteiger partial charge < -0.3 is 5.73 Å². The molecule has 0 amide bonds. The highest BCUT2D eigenvalue weighted by molar-refractivity contribution is 5.27. The van der Waals surface area contributed by atoms with Crippen LogP contribution >= 0.6 is 0 Å². The van der Waals surface area contributed by atoms with Crippen molar-refractivity contribution < 1.29 is 0 Å². The van der Waals surface area contributed by atoms with Crippen molar-refractivity contribution in [1.29, 1.82) is 0 Å². The third kappa shape index (κ3) is 2.14. The monoisotopic (exact) mass is 239 g/mol. The maximum Gasteiger partial charge on any atom is 0.145 e. The van der Waals surface area contributed by atoms with E-state index in [4.69, 9.17) is 5.73 Å². The van der Waals surface area contributed by atoms with Gasteiger partial charge >= 0.3 is 0 Å². The van der Waals surface area contributed by atoms with Gasteiger partial charge in [-0.2, -0.15) is 0 Å². The molecule has 1 saturated carbocycles. The summed E-state index contributed by atoms with van der Waals surface area (Å²) in [5.41, 5.74) is 8.70. The van der Waals surface area contributed by atoms with Crippen molar-refractivity contribution in [2.24, 2.45) is 11.7 Å². The second-order valence-corrected chi connectivity index (χ2v) is 5.06. The minimum Gasteiger partial charge on any atom is -0.321 e. The van der Waals surface area contributed by atoms with Gasteiger partial charge in [0.2, 0.25) is 0 Å². The van der Waals surface area contributed by atoms with E-state index in [-0.39, 0.29) is 6.04 Å². The van der Waals surface area contributed by atoms with Crippen LogP contribution in [0.2, 0.25) is 0 Å². The predicted octanol–water partition coefficient (Wildman–Crippen LogP) is 2.59. The Bertz CT molecular complexity index is 521. The lowest BCUT2D eigenvalue weighted by atomic mass is 10.1. The van der Waals surface area contributed by atoms with Crippen LogP contribution in [0.15, 0.2) is 42.7 Å². The average molecular weight is 239 g/mol. The molecule has 1 aromatic heterocycles. The number of nitrogens with two attached hydrogens (primary N) is 1. The Morgan fingerprint density at radius 1 is 1.17 bits per heavy atom.